The number of anilines is 1. The van der Waals surface area contributed by atoms with Crippen LogP contribution >= 0.6 is 0 Å². The van der Waals surface area contributed by atoms with Gasteiger partial charge in [0.15, 0.2) is 5.69 Å². The molecule has 0 saturated heterocycles. The number of carbonyl (C=O) groups is 2. The third-order valence-electron chi connectivity index (χ3n) is 4.48. The first-order valence-corrected chi connectivity index (χ1v) is 9.14. The Morgan fingerprint density at radius 3 is 2.48 bits per heavy atom. The molecule has 7 heteroatoms. The van der Waals surface area contributed by atoms with Crippen LogP contribution in [0.25, 0.3) is 5.52 Å². The Hall–Kier alpha value is -4.00. The van der Waals surface area contributed by atoms with E-state index in [0.29, 0.717) is 17.7 Å². The number of aryl methyl sites for hydroxylation is 1. The predicted octanol–water partition coefficient (Wildman–Crippen LogP) is 3.22. The molecule has 1 aromatic carbocycles. The number of nitrogens with zero attached hydrogens (tertiary/aromatic N) is 3. The highest BCUT2D eigenvalue weighted by molar-refractivity contribution is 6.08. The maximum Gasteiger partial charge on any atom is 0.287 e. The van der Waals surface area contributed by atoms with Crippen molar-refractivity contribution in [2.45, 2.75) is 13.5 Å². The summed E-state index contributed by atoms with van der Waals surface area (Å²) in [7, 11) is 0. The molecule has 0 atom stereocenters. The summed E-state index contributed by atoms with van der Waals surface area (Å²) in [4.78, 5) is 33.8. The number of hydrogen-bond acceptors (Lipinski definition) is 4. The average Bonchev–Trinajstić information content (AvgIpc) is 3.14. The zero-order valence-corrected chi connectivity index (χ0v) is 15.8. The number of carbonyl (C=O) groups excluding carboxylic acids is 2. The summed E-state index contributed by atoms with van der Waals surface area (Å²) in [5.41, 5.74) is 3.45. The molecule has 2 N–H and O–H groups in total. The second kappa shape index (κ2) is 7.93. The second-order valence-electron chi connectivity index (χ2n) is 6.60. The Kier molecular flexibility index (Phi) is 5.03. The maximum absolute atomic E-state index is 12.8. The molecule has 0 bridgehead atoms. The summed E-state index contributed by atoms with van der Waals surface area (Å²) < 4.78 is 1.62. The fourth-order valence-electron chi connectivity index (χ4n) is 2.95. The van der Waals surface area contributed by atoms with Crippen LogP contribution in [0.4, 0.5) is 5.69 Å². The van der Waals surface area contributed by atoms with Crippen LogP contribution in [0.2, 0.25) is 0 Å². The van der Waals surface area contributed by atoms with Crippen LogP contribution in [0.1, 0.15) is 32.2 Å². The Bertz CT molecular complexity index is 1170. The number of pyridine rings is 2. The first-order chi connectivity index (χ1) is 14.1. The number of rotatable bonds is 5. The molecule has 2 amide bonds. The topological polar surface area (TPSA) is 88.4 Å². The minimum absolute atomic E-state index is 0.156. The van der Waals surface area contributed by atoms with Crippen LogP contribution in [-0.4, -0.2) is 26.2 Å². The van der Waals surface area contributed by atoms with Crippen molar-refractivity contribution in [3.63, 3.8) is 0 Å². The fourth-order valence-corrected chi connectivity index (χ4v) is 2.95. The average molecular weight is 385 g/mol. The van der Waals surface area contributed by atoms with Crippen LogP contribution in [0.5, 0.6) is 0 Å². The molecule has 0 saturated carbocycles. The Labute approximate surface area is 167 Å². The molecule has 144 valence electrons. The van der Waals surface area contributed by atoms with Gasteiger partial charge < -0.3 is 10.6 Å². The lowest BCUT2D eigenvalue weighted by molar-refractivity contribution is 0.0940. The van der Waals surface area contributed by atoms with Crippen LogP contribution in [-0.2, 0) is 6.54 Å². The molecule has 4 rings (SSSR count). The SMILES string of the molecule is Cc1ccc(NC(=O)c2nc(C(=O)NCc3ccncc3)n3ccccc23)cc1. The van der Waals surface area contributed by atoms with E-state index >= 15 is 0 Å². The summed E-state index contributed by atoms with van der Waals surface area (Å²) >= 11 is 0. The highest BCUT2D eigenvalue weighted by Crippen LogP contribution is 2.16. The van der Waals surface area contributed by atoms with Crippen LogP contribution in [0, 0.1) is 6.92 Å². The van der Waals surface area contributed by atoms with Gasteiger partial charge in [-0.1, -0.05) is 23.8 Å². The number of hydrogen-bond donors (Lipinski definition) is 2. The number of fused-ring (bicyclic) bond motifs is 1. The minimum Gasteiger partial charge on any atom is -0.345 e. The molecule has 0 aliphatic carbocycles. The Balaban J connectivity index is 1.60. The molecule has 7 nitrogen and oxygen atoms in total. The van der Waals surface area contributed by atoms with E-state index in [0.717, 1.165) is 11.1 Å². The molecule has 0 fully saturated rings. The molecule has 3 heterocycles. The summed E-state index contributed by atoms with van der Waals surface area (Å²) in [5.74, 6) is -0.577. The summed E-state index contributed by atoms with van der Waals surface area (Å²) in [5, 5.41) is 5.67. The van der Waals surface area contributed by atoms with Gasteiger partial charge in [-0.15, -0.1) is 0 Å². The van der Waals surface area contributed by atoms with Crippen molar-refractivity contribution in [1.29, 1.82) is 0 Å². The van der Waals surface area contributed by atoms with Gasteiger partial charge in [-0.2, -0.15) is 0 Å². The van der Waals surface area contributed by atoms with E-state index in [1.54, 1.807) is 41.2 Å². The van der Waals surface area contributed by atoms with E-state index in [1.165, 1.54) is 0 Å². The fraction of sp³-hybridized carbons (Fsp3) is 0.0909. The van der Waals surface area contributed by atoms with Gasteiger partial charge in [0.2, 0.25) is 5.82 Å². The summed E-state index contributed by atoms with van der Waals surface area (Å²) in [6.07, 6.45) is 5.05. The first-order valence-electron chi connectivity index (χ1n) is 9.14. The van der Waals surface area contributed by atoms with Gasteiger partial charge in [-0.3, -0.25) is 19.0 Å². The zero-order valence-electron chi connectivity index (χ0n) is 15.8. The number of nitrogens with one attached hydrogen (secondary N) is 2. The van der Waals surface area contributed by atoms with Gasteiger partial charge in [0, 0.05) is 30.8 Å². The Morgan fingerprint density at radius 2 is 1.72 bits per heavy atom. The van der Waals surface area contributed by atoms with Crippen LogP contribution in [0.15, 0.2) is 73.2 Å². The van der Waals surface area contributed by atoms with Crippen LogP contribution < -0.4 is 10.6 Å². The molecular weight excluding hydrogens is 366 g/mol. The van der Waals surface area contributed by atoms with E-state index in [9.17, 15) is 9.59 Å². The number of amides is 2. The highest BCUT2D eigenvalue weighted by Gasteiger charge is 2.21. The largest absolute Gasteiger partial charge is 0.345 e. The van der Waals surface area contributed by atoms with Gasteiger partial charge in [-0.25, -0.2) is 4.98 Å². The summed E-state index contributed by atoms with van der Waals surface area (Å²) in [6.45, 7) is 2.32. The van der Waals surface area contributed by atoms with Crippen molar-refractivity contribution in [3.8, 4) is 0 Å². The molecule has 3 aromatic heterocycles. The molecular formula is C22H19N5O2. The van der Waals surface area contributed by atoms with E-state index < -0.39 is 0 Å². The number of imidazole rings is 1. The van der Waals surface area contributed by atoms with Crippen molar-refractivity contribution >= 4 is 23.0 Å². The van der Waals surface area contributed by atoms with Gasteiger partial charge in [0.1, 0.15) is 0 Å². The molecule has 0 aliphatic rings. The number of benzene rings is 1. The van der Waals surface area contributed by atoms with Crippen molar-refractivity contribution in [1.82, 2.24) is 19.7 Å². The summed E-state index contributed by atoms with van der Waals surface area (Å²) in [6, 6.07) is 16.5. The third-order valence-corrected chi connectivity index (χ3v) is 4.48. The normalized spacial score (nSPS) is 10.7. The van der Waals surface area contributed by atoms with Gasteiger partial charge in [-0.05, 0) is 48.9 Å². The molecule has 0 spiro atoms. The molecule has 0 radical (unpaired) electrons. The third kappa shape index (κ3) is 3.98. The molecule has 0 unspecified atom stereocenters. The lowest BCUT2D eigenvalue weighted by Crippen LogP contribution is -2.25. The molecule has 0 aliphatic heterocycles. The predicted molar refractivity (Wildman–Crippen MR) is 110 cm³/mol. The zero-order chi connectivity index (χ0) is 20.2. The van der Waals surface area contributed by atoms with Crippen molar-refractivity contribution < 1.29 is 9.59 Å². The van der Waals surface area contributed by atoms with Crippen molar-refractivity contribution in [2.75, 3.05) is 5.32 Å². The monoisotopic (exact) mass is 385 g/mol. The lowest BCUT2D eigenvalue weighted by atomic mass is 10.2. The quantitative estimate of drug-likeness (QED) is 0.552. The highest BCUT2D eigenvalue weighted by atomic mass is 16.2. The smallest absolute Gasteiger partial charge is 0.287 e. The van der Waals surface area contributed by atoms with Crippen molar-refractivity contribution in [2.24, 2.45) is 0 Å². The Morgan fingerprint density at radius 1 is 0.966 bits per heavy atom. The van der Waals surface area contributed by atoms with Gasteiger partial charge >= 0.3 is 0 Å². The van der Waals surface area contributed by atoms with Crippen LogP contribution in [0.3, 0.4) is 0 Å². The second-order valence-corrected chi connectivity index (χ2v) is 6.60. The van der Waals surface area contributed by atoms with E-state index in [1.807, 2.05) is 43.3 Å². The van der Waals surface area contributed by atoms with Gasteiger partial charge in [0.05, 0.1) is 5.52 Å². The van der Waals surface area contributed by atoms with E-state index in [-0.39, 0.29) is 23.3 Å². The lowest BCUT2D eigenvalue weighted by Gasteiger charge is -2.04. The van der Waals surface area contributed by atoms with Gasteiger partial charge in [0.25, 0.3) is 11.8 Å². The molecule has 29 heavy (non-hydrogen) atoms. The number of aromatic nitrogens is 3. The molecule has 4 aromatic rings. The minimum atomic E-state index is -0.370. The van der Waals surface area contributed by atoms with Crippen molar-refractivity contribution in [3.05, 3.63) is 95.8 Å². The first kappa shape index (κ1) is 18.4. The van der Waals surface area contributed by atoms with E-state index in [2.05, 4.69) is 20.6 Å². The standard InChI is InChI=1S/C22H19N5O2/c1-15-5-7-17(8-6-15)25-21(28)19-18-4-2-3-13-27(18)20(26-19)22(29)24-14-16-9-11-23-12-10-16/h2-13H,14H2,1H3,(H,24,29)(H,25,28). The van der Waals surface area contributed by atoms with E-state index in [4.69, 9.17) is 0 Å². The maximum atomic E-state index is 12.8.